The SMILES string of the molecule is O=C(c1ccc(N2CCCC2)c(F)c1)N1CCC(c2cc(=O)[nH][nH]2)C1. The molecule has 4 rings (SSSR count). The summed E-state index contributed by atoms with van der Waals surface area (Å²) in [5.74, 6) is -0.387. The van der Waals surface area contributed by atoms with Crippen molar-refractivity contribution in [1.82, 2.24) is 15.1 Å². The Bertz CT molecular complexity index is 838. The van der Waals surface area contributed by atoms with Crippen LogP contribution >= 0.6 is 0 Å². The number of aromatic nitrogens is 2. The Morgan fingerprint density at radius 1 is 1.12 bits per heavy atom. The lowest BCUT2D eigenvalue weighted by Gasteiger charge is -2.20. The highest BCUT2D eigenvalue weighted by Gasteiger charge is 2.29. The van der Waals surface area contributed by atoms with Gasteiger partial charge in [0.05, 0.1) is 5.69 Å². The number of nitrogens with zero attached hydrogens (tertiary/aromatic N) is 2. The van der Waals surface area contributed by atoms with Crippen molar-refractivity contribution in [3.63, 3.8) is 0 Å². The highest BCUT2D eigenvalue weighted by Crippen LogP contribution is 2.28. The Labute approximate surface area is 144 Å². The van der Waals surface area contributed by atoms with Crippen LogP contribution in [0.15, 0.2) is 29.1 Å². The summed E-state index contributed by atoms with van der Waals surface area (Å²) in [7, 11) is 0. The molecule has 2 aliphatic heterocycles. The Hall–Kier alpha value is -2.57. The van der Waals surface area contributed by atoms with Gasteiger partial charge in [-0.1, -0.05) is 0 Å². The van der Waals surface area contributed by atoms with Gasteiger partial charge in [-0.15, -0.1) is 0 Å². The normalized spacial score (nSPS) is 20.4. The van der Waals surface area contributed by atoms with Crippen molar-refractivity contribution in [2.24, 2.45) is 0 Å². The van der Waals surface area contributed by atoms with Crippen LogP contribution < -0.4 is 10.5 Å². The molecule has 0 spiro atoms. The third kappa shape index (κ3) is 3.06. The van der Waals surface area contributed by atoms with E-state index in [1.54, 1.807) is 17.0 Å². The fourth-order valence-corrected chi connectivity index (χ4v) is 3.80. The van der Waals surface area contributed by atoms with Crippen molar-refractivity contribution in [3.05, 3.63) is 51.7 Å². The minimum absolute atomic E-state index is 0.108. The molecular weight excluding hydrogens is 323 g/mol. The first-order valence-corrected chi connectivity index (χ1v) is 8.73. The molecule has 0 aliphatic carbocycles. The number of carbonyl (C=O) groups is 1. The van der Waals surface area contributed by atoms with Crippen LogP contribution in [-0.4, -0.2) is 47.2 Å². The van der Waals surface area contributed by atoms with Crippen LogP contribution in [0.2, 0.25) is 0 Å². The van der Waals surface area contributed by atoms with E-state index in [2.05, 4.69) is 10.2 Å². The van der Waals surface area contributed by atoms with E-state index in [-0.39, 0.29) is 23.2 Å². The topological polar surface area (TPSA) is 72.2 Å². The molecule has 1 aromatic carbocycles. The smallest absolute Gasteiger partial charge is 0.264 e. The van der Waals surface area contributed by atoms with Crippen LogP contribution in [0.3, 0.4) is 0 Å². The number of hydrogen-bond donors (Lipinski definition) is 2. The number of hydrogen-bond acceptors (Lipinski definition) is 3. The number of anilines is 1. The highest BCUT2D eigenvalue weighted by atomic mass is 19.1. The van der Waals surface area contributed by atoms with Gasteiger partial charge >= 0.3 is 0 Å². The van der Waals surface area contributed by atoms with Gasteiger partial charge in [0.1, 0.15) is 5.82 Å². The second kappa shape index (κ2) is 6.38. The quantitative estimate of drug-likeness (QED) is 0.895. The van der Waals surface area contributed by atoms with Gasteiger partial charge in [-0.25, -0.2) is 4.39 Å². The van der Waals surface area contributed by atoms with Crippen molar-refractivity contribution in [1.29, 1.82) is 0 Å². The number of carbonyl (C=O) groups excluding carboxylic acids is 1. The first-order chi connectivity index (χ1) is 12.1. The molecule has 2 aliphatic rings. The predicted molar refractivity (Wildman–Crippen MR) is 92.5 cm³/mol. The van der Waals surface area contributed by atoms with Gasteiger partial charge in [-0.2, -0.15) is 0 Å². The first-order valence-electron chi connectivity index (χ1n) is 8.73. The summed E-state index contributed by atoms with van der Waals surface area (Å²) in [6.07, 6.45) is 2.95. The maximum absolute atomic E-state index is 14.4. The second-order valence-corrected chi connectivity index (χ2v) is 6.81. The van der Waals surface area contributed by atoms with Crippen LogP contribution in [0.25, 0.3) is 0 Å². The van der Waals surface area contributed by atoms with Crippen molar-refractivity contribution in [2.75, 3.05) is 31.1 Å². The van der Waals surface area contributed by atoms with Gasteiger partial charge in [-0.3, -0.25) is 14.7 Å². The van der Waals surface area contributed by atoms with E-state index in [1.165, 1.54) is 12.1 Å². The molecular formula is C18H21FN4O2. The Kier molecular flexibility index (Phi) is 4.07. The van der Waals surface area contributed by atoms with Crippen LogP contribution in [0.1, 0.15) is 41.2 Å². The molecule has 2 saturated heterocycles. The summed E-state index contributed by atoms with van der Waals surface area (Å²) in [6, 6.07) is 6.31. The first kappa shape index (κ1) is 15.9. The summed E-state index contributed by atoms with van der Waals surface area (Å²) in [5.41, 5.74) is 1.61. The maximum Gasteiger partial charge on any atom is 0.264 e. The van der Waals surface area contributed by atoms with Crippen LogP contribution in [0.5, 0.6) is 0 Å². The summed E-state index contributed by atoms with van der Waals surface area (Å²) in [6.45, 7) is 2.87. The molecule has 7 heteroatoms. The van der Waals surface area contributed by atoms with Crippen molar-refractivity contribution in [3.8, 4) is 0 Å². The number of benzene rings is 1. The number of H-pyrrole nitrogens is 2. The third-order valence-electron chi connectivity index (χ3n) is 5.17. The lowest BCUT2D eigenvalue weighted by Crippen LogP contribution is -2.28. The van der Waals surface area contributed by atoms with Crippen LogP contribution in [0.4, 0.5) is 10.1 Å². The van der Waals surface area contributed by atoms with E-state index >= 15 is 0 Å². The molecule has 6 nitrogen and oxygen atoms in total. The lowest BCUT2D eigenvalue weighted by atomic mass is 10.1. The number of rotatable bonds is 3. The molecule has 132 valence electrons. The zero-order valence-electron chi connectivity index (χ0n) is 13.9. The largest absolute Gasteiger partial charge is 0.369 e. The monoisotopic (exact) mass is 344 g/mol. The summed E-state index contributed by atoms with van der Waals surface area (Å²) in [4.78, 5) is 27.7. The number of aromatic amines is 2. The fourth-order valence-electron chi connectivity index (χ4n) is 3.80. The van der Waals surface area contributed by atoms with Gasteiger partial charge in [0, 0.05) is 49.4 Å². The van der Waals surface area contributed by atoms with Gasteiger partial charge in [0.2, 0.25) is 0 Å². The molecule has 0 saturated carbocycles. The zero-order valence-corrected chi connectivity index (χ0v) is 13.9. The van der Waals surface area contributed by atoms with E-state index in [0.29, 0.717) is 24.3 Å². The minimum Gasteiger partial charge on any atom is -0.369 e. The molecule has 25 heavy (non-hydrogen) atoms. The Balaban J connectivity index is 1.47. The third-order valence-corrected chi connectivity index (χ3v) is 5.17. The Morgan fingerprint density at radius 3 is 2.60 bits per heavy atom. The molecule has 1 unspecified atom stereocenters. The van der Waals surface area contributed by atoms with Crippen LogP contribution in [-0.2, 0) is 0 Å². The predicted octanol–water partition coefficient (Wildman–Crippen LogP) is 2.07. The average Bonchev–Trinajstić information content (AvgIpc) is 3.35. The van der Waals surface area contributed by atoms with Crippen LogP contribution in [0, 0.1) is 5.82 Å². The van der Waals surface area contributed by atoms with E-state index in [0.717, 1.165) is 38.0 Å². The molecule has 1 aromatic heterocycles. The number of likely N-dealkylation sites (tertiary alicyclic amines) is 1. The van der Waals surface area contributed by atoms with E-state index in [1.807, 2.05) is 4.90 Å². The molecule has 2 N–H and O–H groups in total. The number of amides is 1. The van der Waals surface area contributed by atoms with Crippen molar-refractivity contribution in [2.45, 2.75) is 25.2 Å². The molecule has 0 radical (unpaired) electrons. The standard InChI is InChI=1S/C18H21FN4O2/c19-14-9-12(3-4-16(14)22-6-1-2-7-22)18(25)23-8-5-13(11-23)15-10-17(24)21-20-15/h3-4,9-10,13H,1-2,5-8,11H2,(H2,20,21,24). The molecule has 1 atom stereocenters. The van der Waals surface area contributed by atoms with Gasteiger partial charge in [0.25, 0.3) is 11.5 Å². The van der Waals surface area contributed by atoms with Crippen molar-refractivity contribution >= 4 is 11.6 Å². The second-order valence-electron chi connectivity index (χ2n) is 6.81. The lowest BCUT2D eigenvalue weighted by molar-refractivity contribution is 0.0790. The van der Waals surface area contributed by atoms with E-state index in [9.17, 15) is 14.0 Å². The molecule has 2 aromatic rings. The maximum atomic E-state index is 14.4. The number of nitrogens with one attached hydrogen (secondary N) is 2. The number of halogens is 1. The summed E-state index contributed by atoms with van der Waals surface area (Å²) < 4.78 is 14.4. The van der Waals surface area contributed by atoms with Gasteiger partial charge < -0.3 is 14.9 Å². The van der Waals surface area contributed by atoms with Crippen molar-refractivity contribution < 1.29 is 9.18 Å². The zero-order chi connectivity index (χ0) is 17.4. The summed E-state index contributed by atoms with van der Waals surface area (Å²) >= 11 is 0. The van der Waals surface area contributed by atoms with E-state index in [4.69, 9.17) is 0 Å². The average molecular weight is 344 g/mol. The highest BCUT2D eigenvalue weighted by molar-refractivity contribution is 5.94. The Morgan fingerprint density at radius 2 is 1.92 bits per heavy atom. The minimum atomic E-state index is -0.335. The van der Waals surface area contributed by atoms with Gasteiger partial charge in [-0.05, 0) is 37.5 Å². The van der Waals surface area contributed by atoms with Gasteiger partial charge in [0.15, 0.2) is 0 Å². The molecule has 3 heterocycles. The fraction of sp³-hybridized carbons (Fsp3) is 0.444. The molecule has 0 bridgehead atoms. The van der Waals surface area contributed by atoms with E-state index < -0.39 is 0 Å². The molecule has 1 amide bonds. The summed E-state index contributed by atoms with van der Waals surface area (Å²) in [5, 5.41) is 5.38. The molecule has 2 fully saturated rings.